The van der Waals surface area contributed by atoms with E-state index >= 15 is 0 Å². The van der Waals surface area contributed by atoms with Gasteiger partial charge >= 0.3 is 17.9 Å². The van der Waals surface area contributed by atoms with Gasteiger partial charge in [0.05, 0.1) is 11.1 Å². The molecule has 3 aromatic carbocycles. The lowest BCUT2D eigenvalue weighted by Crippen LogP contribution is -2.48. The Bertz CT molecular complexity index is 1280. The maximum Gasteiger partial charge on any atom is 0.349 e. The molecule has 192 valence electrons. The number of esters is 2. The molecule has 3 aromatic rings. The molecule has 0 aliphatic heterocycles. The van der Waals surface area contributed by atoms with Crippen molar-refractivity contribution in [1.82, 2.24) is 0 Å². The molecule has 0 fully saturated rings. The first kappa shape index (κ1) is 27.5. The van der Waals surface area contributed by atoms with Gasteiger partial charge in [0.2, 0.25) is 12.2 Å². The molecule has 0 aliphatic carbocycles. The lowest BCUT2D eigenvalue weighted by Gasteiger charge is -2.23. The van der Waals surface area contributed by atoms with Crippen molar-refractivity contribution in [3.05, 3.63) is 94.0 Å². The average molecular weight is 545 g/mol. The van der Waals surface area contributed by atoms with E-state index in [0.717, 1.165) is 5.69 Å². The first-order valence-corrected chi connectivity index (χ1v) is 11.5. The van der Waals surface area contributed by atoms with Crippen LogP contribution in [0.4, 0.5) is 11.4 Å². The number of aliphatic carboxylic acids is 1. The smallest absolute Gasteiger partial charge is 0.349 e. The van der Waals surface area contributed by atoms with Crippen molar-refractivity contribution < 1.29 is 33.8 Å². The van der Waals surface area contributed by atoms with Crippen LogP contribution in [-0.2, 0) is 19.1 Å². The van der Waals surface area contributed by atoms with Gasteiger partial charge in [-0.05, 0) is 72.8 Å². The number of carboxylic acids is 1. The van der Waals surface area contributed by atoms with E-state index in [-0.39, 0.29) is 11.1 Å². The van der Waals surface area contributed by atoms with Crippen LogP contribution in [0, 0.1) is 0 Å². The van der Waals surface area contributed by atoms with E-state index in [1.54, 1.807) is 24.3 Å². The minimum absolute atomic E-state index is 0.00528. The number of rotatable bonds is 9. The SMILES string of the molecule is CN(C)c1ccc(NC(=O)[C@H](OC(=O)c2ccc(Cl)cc2)[C@H](OC(=O)c2ccc(Cl)cc2)C(=O)O)cc1. The van der Waals surface area contributed by atoms with Crippen molar-refractivity contribution in [2.75, 3.05) is 24.3 Å². The highest BCUT2D eigenvalue weighted by atomic mass is 35.5. The molecule has 2 atom stereocenters. The first-order chi connectivity index (χ1) is 17.5. The van der Waals surface area contributed by atoms with Crippen molar-refractivity contribution in [3.63, 3.8) is 0 Å². The summed E-state index contributed by atoms with van der Waals surface area (Å²) < 4.78 is 10.4. The predicted molar refractivity (Wildman–Crippen MR) is 138 cm³/mol. The summed E-state index contributed by atoms with van der Waals surface area (Å²) in [5.74, 6) is -4.79. The average Bonchev–Trinajstić information content (AvgIpc) is 2.86. The minimum atomic E-state index is -2.17. The fourth-order valence-corrected chi connectivity index (χ4v) is 3.34. The molecule has 2 N–H and O–H groups in total. The molecule has 0 unspecified atom stereocenters. The van der Waals surface area contributed by atoms with Crippen LogP contribution in [0.25, 0.3) is 0 Å². The number of nitrogens with one attached hydrogen (secondary N) is 1. The van der Waals surface area contributed by atoms with E-state index in [1.165, 1.54) is 48.5 Å². The normalized spacial score (nSPS) is 12.1. The van der Waals surface area contributed by atoms with Crippen molar-refractivity contribution in [2.24, 2.45) is 0 Å². The van der Waals surface area contributed by atoms with E-state index < -0.39 is 36.0 Å². The molecule has 0 heterocycles. The molecule has 0 saturated carbocycles. The lowest BCUT2D eigenvalue weighted by atomic mass is 10.1. The molecule has 0 radical (unpaired) electrons. The van der Waals surface area contributed by atoms with Crippen LogP contribution in [0.2, 0.25) is 10.0 Å². The van der Waals surface area contributed by atoms with Gasteiger partial charge in [0.15, 0.2) is 0 Å². The Kier molecular flexibility index (Phi) is 9.10. The summed E-state index contributed by atoms with van der Waals surface area (Å²) in [5, 5.41) is 13.0. The second-order valence-corrected chi connectivity index (χ2v) is 8.81. The molecule has 0 aromatic heterocycles. The van der Waals surface area contributed by atoms with Crippen molar-refractivity contribution in [3.8, 4) is 0 Å². The second-order valence-electron chi connectivity index (χ2n) is 7.93. The maximum atomic E-state index is 13.2. The predicted octanol–water partition coefficient (Wildman–Crippen LogP) is 4.53. The topological polar surface area (TPSA) is 122 Å². The van der Waals surface area contributed by atoms with Gasteiger partial charge in [0.25, 0.3) is 5.91 Å². The number of amides is 1. The Labute approximate surface area is 222 Å². The van der Waals surface area contributed by atoms with Crippen LogP contribution >= 0.6 is 23.2 Å². The Morgan fingerprint density at radius 1 is 0.730 bits per heavy atom. The highest BCUT2D eigenvalue weighted by Crippen LogP contribution is 2.20. The number of nitrogens with zero attached hydrogens (tertiary/aromatic N) is 1. The van der Waals surface area contributed by atoms with Gasteiger partial charge in [-0.25, -0.2) is 14.4 Å². The van der Waals surface area contributed by atoms with Gasteiger partial charge < -0.3 is 24.8 Å². The van der Waals surface area contributed by atoms with Crippen LogP contribution in [0.5, 0.6) is 0 Å². The summed E-state index contributed by atoms with van der Waals surface area (Å²) in [6.45, 7) is 0. The molecule has 0 spiro atoms. The van der Waals surface area contributed by atoms with Gasteiger partial charge in [-0.1, -0.05) is 23.2 Å². The summed E-state index contributed by atoms with van der Waals surface area (Å²) in [6.07, 6.45) is -4.20. The third kappa shape index (κ3) is 7.45. The molecule has 0 bridgehead atoms. The monoisotopic (exact) mass is 544 g/mol. The van der Waals surface area contributed by atoms with E-state index in [9.17, 15) is 24.3 Å². The van der Waals surface area contributed by atoms with Crippen LogP contribution in [0.1, 0.15) is 20.7 Å². The van der Waals surface area contributed by atoms with Crippen molar-refractivity contribution in [1.29, 1.82) is 0 Å². The summed E-state index contributed by atoms with van der Waals surface area (Å²) in [6, 6.07) is 17.6. The zero-order valence-electron chi connectivity index (χ0n) is 19.7. The van der Waals surface area contributed by atoms with Crippen LogP contribution in [0.15, 0.2) is 72.8 Å². The van der Waals surface area contributed by atoms with E-state index in [0.29, 0.717) is 15.7 Å². The number of carbonyl (C=O) groups excluding carboxylic acids is 3. The number of benzene rings is 3. The zero-order chi connectivity index (χ0) is 27.1. The number of ether oxygens (including phenoxy) is 2. The molecule has 0 saturated heterocycles. The van der Waals surface area contributed by atoms with Crippen LogP contribution in [0.3, 0.4) is 0 Å². The van der Waals surface area contributed by atoms with Gasteiger partial charge in [-0.3, -0.25) is 4.79 Å². The molecule has 3 rings (SSSR count). The summed E-state index contributed by atoms with van der Waals surface area (Å²) in [5.41, 5.74) is 1.14. The molecule has 37 heavy (non-hydrogen) atoms. The Balaban J connectivity index is 1.89. The highest BCUT2D eigenvalue weighted by Gasteiger charge is 2.41. The number of anilines is 2. The Morgan fingerprint density at radius 2 is 1.16 bits per heavy atom. The lowest BCUT2D eigenvalue weighted by molar-refractivity contribution is -0.157. The third-order valence-electron chi connectivity index (χ3n) is 5.06. The minimum Gasteiger partial charge on any atom is -0.478 e. The largest absolute Gasteiger partial charge is 0.478 e. The Hall–Kier alpha value is -4.08. The number of carboxylic acid groups (broad SMARTS) is 1. The molecular weight excluding hydrogens is 523 g/mol. The molecule has 0 aliphatic rings. The summed E-state index contributed by atoms with van der Waals surface area (Å²) in [7, 11) is 3.68. The maximum absolute atomic E-state index is 13.2. The van der Waals surface area contributed by atoms with Crippen molar-refractivity contribution >= 4 is 58.4 Å². The Morgan fingerprint density at radius 3 is 1.57 bits per heavy atom. The number of hydrogen-bond donors (Lipinski definition) is 2. The van der Waals surface area contributed by atoms with Crippen LogP contribution < -0.4 is 10.2 Å². The number of hydrogen-bond acceptors (Lipinski definition) is 7. The number of halogens is 2. The zero-order valence-corrected chi connectivity index (χ0v) is 21.2. The van der Waals surface area contributed by atoms with E-state index in [1.807, 2.05) is 19.0 Å². The van der Waals surface area contributed by atoms with Gasteiger partial charge in [-0.15, -0.1) is 0 Å². The summed E-state index contributed by atoms with van der Waals surface area (Å²) in [4.78, 5) is 52.5. The highest BCUT2D eigenvalue weighted by molar-refractivity contribution is 6.31. The fraction of sp³-hybridized carbons (Fsp3) is 0.154. The third-order valence-corrected chi connectivity index (χ3v) is 5.56. The second kappa shape index (κ2) is 12.2. The van der Waals surface area contributed by atoms with Gasteiger partial charge in [0, 0.05) is 35.5 Å². The van der Waals surface area contributed by atoms with Gasteiger partial charge in [0.1, 0.15) is 0 Å². The first-order valence-electron chi connectivity index (χ1n) is 10.8. The molecule has 11 heteroatoms. The molecular formula is C26H22Cl2N2O7. The van der Waals surface area contributed by atoms with E-state index in [4.69, 9.17) is 32.7 Å². The molecule has 9 nitrogen and oxygen atoms in total. The van der Waals surface area contributed by atoms with Crippen molar-refractivity contribution in [2.45, 2.75) is 12.2 Å². The number of carbonyl (C=O) groups is 4. The standard InChI is InChI=1S/C26H22Cl2N2O7/c1-30(2)20-13-11-19(12-14-20)29-23(31)21(36-25(34)15-3-7-17(27)8-4-15)22(24(32)33)37-26(35)16-5-9-18(28)10-6-16/h3-14,21-22H,1-2H3,(H,29,31)(H,32,33)/t21-,22+/m1/s1. The summed E-state index contributed by atoms with van der Waals surface area (Å²) >= 11 is 11.7. The fourth-order valence-electron chi connectivity index (χ4n) is 3.09. The molecule has 1 amide bonds. The van der Waals surface area contributed by atoms with Gasteiger partial charge in [-0.2, -0.15) is 0 Å². The van der Waals surface area contributed by atoms with Crippen LogP contribution in [-0.4, -0.2) is 55.2 Å². The van der Waals surface area contributed by atoms with E-state index in [2.05, 4.69) is 5.32 Å². The quantitative estimate of drug-likeness (QED) is 0.376.